The summed E-state index contributed by atoms with van der Waals surface area (Å²) < 4.78 is 42.8. The molecule has 2 N–H and O–H groups in total. The number of nitrogens with zero attached hydrogens (tertiary/aromatic N) is 4. The second-order valence-corrected chi connectivity index (χ2v) is 7.11. The topological polar surface area (TPSA) is 88.2 Å². The third-order valence-corrected chi connectivity index (χ3v) is 3.85. The summed E-state index contributed by atoms with van der Waals surface area (Å²) in [6.45, 7) is 6.27. The molecule has 0 bridgehead atoms. The van der Waals surface area contributed by atoms with Gasteiger partial charge in [-0.25, -0.2) is 4.98 Å². The first-order chi connectivity index (χ1) is 11.6. The van der Waals surface area contributed by atoms with E-state index in [1.807, 2.05) is 20.8 Å². The molecule has 0 saturated heterocycles. The van der Waals surface area contributed by atoms with Crippen molar-refractivity contribution in [2.75, 3.05) is 7.05 Å². The molecule has 25 heavy (non-hydrogen) atoms. The van der Waals surface area contributed by atoms with Crippen LogP contribution in [0.4, 0.5) is 13.2 Å². The smallest absolute Gasteiger partial charge is 0.350 e. The van der Waals surface area contributed by atoms with Gasteiger partial charge in [0.2, 0.25) is 5.89 Å². The summed E-state index contributed by atoms with van der Waals surface area (Å²) in [6, 6.07) is 0. The minimum Gasteiger partial charge on any atom is -0.350 e. The molecule has 0 aromatic carbocycles. The maximum absolute atomic E-state index is 12.5. The summed E-state index contributed by atoms with van der Waals surface area (Å²) in [5, 5.41) is 11.0. The Balaban J connectivity index is 1.87. The molecular weight excluding hydrogens is 357 g/mol. The number of aromatic nitrogens is 3. The van der Waals surface area contributed by atoms with Crippen molar-refractivity contribution in [1.82, 2.24) is 25.8 Å². The van der Waals surface area contributed by atoms with Crippen molar-refractivity contribution < 1.29 is 17.7 Å². The van der Waals surface area contributed by atoms with E-state index in [0.29, 0.717) is 22.7 Å². The Hall–Kier alpha value is -2.17. The van der Waals surface area contributed by atoms with E-state index in [4.69, 9.17) is 4.52 Å². The summed E-state index contributed by atoms with van der Waals surface area (Å²) in [6.07, 6.45) is -4.43. The number of alkyl halides is 3. The Bertz CT molecular complexity index is 673. The van der Waals surface area contributed by atoms with Crippen molar-refractivity contribution in [2.24, 2.45) is 4.99 Å². The zero-order chi connectivity index (χ0) is 18.7. The lowest BCUT2D eigenvalue weighted by atomic mass is 9.97. The van der Waals surface area contributed by atoms with Crippen LogP contribution in [0.2, 0.25) is 0 Å². The fourth-order valence-electron chi connectivity index (χ4n) is 1.70. The monoisotopic (exact) mass is 376 g/mol. The average Bonchev–Trinajstić information content (AvgIpc) is 3.15. The quantitative estimate of drug-likeness (QED) is 0.630. The Morgan fingerprint density at radius 3 is 2.40 bits per heavy atom. The van der Waals surface area contributed by atoms with Crippen molar-refractivity contribution in [3.63, 3.8) is 0 Å². The summed E-state index contributed by atoms with van der Waals surface area (Å²) >= 11 is 0.933. The molecule has 7 nitrogen and oxygen atoms in total. The van der Waals surface area contributed by atoms with Gasteiger partial charge in [-0.2, -0.15) is 18.2 Å². The highest BCUT2D eigenvalue weighted by molar-refractivity contribution is 7.09. The number of thiazole rings is 1. The molecule has 0 aliphatic carbocycles. The number of rotatable bonds is 4. The first-order valence-corrected chi connectivity index (χ1v) is 8.26. The molecule has 0 aliphatic rings. The molecule has 0 atom stereocenters. The van der Waals surface area contributed by atoms with E-state index in [-0.39, 0.29) is 18.5 Å². The third-order valence-electron chi connectivity index (χ3n) is 3.00. The maximum atomic E-state index is 12.5. The molecule has 2 rings (SSSR count). The highest BCUT2D eigenvalue weighted by Crippen LogP contribution is 2.29. The van der Waals surface area contributed by atoms with E-state index in [2.05, 4.69) is 30.8 Å². The van der Waals surface area contributed by atoms with Crippen LogP contribution in [-0.4, -0.2) is 28.1 Å². The fourth-order valence-corrected chi connectivity index (χ4v) is 2.44. The molecule has 2 heterocycles. The Kier molecular flexibility index (Phi) is 5.65. The van der Waals surface area contributed by atoms with Crippen LogP contribution in [-0.2, 0) is 24.7 Å². The van der Waals surface area contributed by atoms with Gasteiger partial charge >= 0.3 is 6.18 Å². The Morgan fingerprint density at radius 1 is 1.20 bits per heavy atom. The highest BCUT2D eigenvalue weighted by atomic mass is 32.1. The summed E-state index contributed by atoms with van der Waals surface area (Å²) in [4.78, 5) is 11.8. The minimum absolute atomic E-state index is 0.125. The fraction of sp³-hybridized carbons (Fsp3) is 0.571. The largest absolute Gasteiger partial charge is 0.434 e. The van der Waals surface area contributed by atoms with Gasteiger partial charge in [-0.15, -0.1) is 11.3 Å². The summed E-state index contributed by atoms with van der Waals surface area (Å²) in [5.41, 5.74) is -1.13. The lowest BCUT2D eigenvalue weighted by molar-refractivity contribution is -0.140. The molecule has 0 fully saturated rings. The number of hydrogen-bond donors (Lipinski definition) is 2. The van der Waals surface area contributed by atoms with Gasteiger partial charge in [-0.1, -0.05) is 25.9 Å². The van der Waals surface area contributed by atoms with Gasteiger partial charge in [0.15, 0.2) is 17.5 Å². The van der Waals surface area contributed by atoms with E-state index < -0.39 is 11.9 Å². The van der Waals surface area contributed by atoms with Crippen LogP contribution in [0.15, 0.2) is 14.9 Å². The predicted octanol–water partition coefficient (Wildman–Crippen LogP) is 2.71. The van der Waals surface area contributed by atoms with Gasteiger partial charge in [-0.05, 0) is 0 Å². The molecule has 0 amide bonds. The second kappa shape index (κ2) is 7.38. The van der Waals surface area contributed by atoms with Crippen molar-refractivity contribution in [3.05, 3.63) is 27.8 Å². The first kappa shape index (κ1) is 19.2. The molecule has 0 saturated carbocycles. The Morgan fingerprint density at radius 2 is 1.88 bits per heavy atom. The first-order valence-electron chi connectivity index (χ1n) is 7.39. The van der Waals surface area contributed by atoms with Crippen LogP contribution in [0.3, 0.4) is 0 Å². The minimum atomic E-state index is -4.43. The number of aliphatic imine (C=N–C) groups is 1. The molecule has 0 aliphatic heterocycles. The van der Waals surface area contributed by atoms with E-state index >= 15 is 0 Å². The van der Waals surface area contributed by atoms with E-state index in [9.17, 15) is 13.2 Å². The maximum Gasteiger partial charge on any atom is 0.434 e. The van der Waals surface area contributed by atoms with Crippen LogP contribution < -0.4 is 10.6 Å². The zero-order valence-electron chi connectivity index (χ0n) is 14.2. The molecule has 11 heteroatoms. The van der Waals surface area contributed by atoms with Gasteiger partial charge in [0, 0.05) is 17.8 Å². The highest BCUT2D eigenvalue weighted by Gasteiger charge is 2.33. The Labute approximate surface area is 146 Å². The standard InChI is InChI=1S/C14H19F3N6OS/c1-13(2,3)11-22-9(23-24-11)5-19-12(18-4)20-6-10-21-8(7-25-10)14(15,16)17/h7H,5-6H2,1-4H3,(H2,18,19,20). The number of nitrogens with one attached hydrogen (secondary N) is 2. The lowest BCUT2D eigenvalue weighted by Crippen LogP contribution is -2.36. The van der Waals surface area contributed by atoms with Crippen molar-refractivity contribution in [3.8, 4) is 0 Å². The van der Waals surface area contributed by atoms with Gasteiger partial charge in [-0.3, -0.25) is 4.99 Å². The molecule has 0 unspecified atom stereocenters. The van der Waals surface area contributed by atoms with E-state index in [1.54, 1.807) is 7.05 Å². The second-order valence-electron chi connectivity index (χ2n) is 6.17. The van der Waals surface area contributed by atoms with Crippen molar-refractivity contribution in [2.45, 2.75) is 45.5 Å². The van der Waals surface area contributed by atoms with Gasteiger partial charge < -0.3 is 15.2 Å². The predicted molar refractivity (Wildman–Crippen MR) is 87.2 cm³/mol. The van der Waals surface area contributed by atoms with E-state index in [1.165, 1.54) is 0 Å². The summed E-state index contributed by atoms with van der Waals surface area (Å²) in [7, 11) is 1.55. The lowest BCUT2D eigenvalue weighted by Gasteiger charge is -2.10. The molecule has 0 spiro atoms. The average molecular weight is 376 g/mol. The molecule has 138 valence electrons. The van der Waals surface area contributed by atoms with Crippen LogP contribution >= 0.6 is 11.3 Å². The van der Waals surface area contributed by atoms with Gasteiger partial charge in [0.1, 0.15) is 5.01 Å². The SMILES string of the molecule is CN=C(NCc1noc(C(C)(C)C)n1)NCc1nc(C(F)(F)F)cs1. The van der Waals surface area contributed by atoms with Gasteiger partial charge in [0.25, 0.3) is 0 Å². The van der Waals surface area contributed by atoms with E-state index in [0.717, 1.165) is 16.7 Å². The van der Waals surface area contributed by atoms with Crippen LogP contribution in [0.25, 0.3) is 0 Å². The van der Waals surface area contributed by atoms with Crippen molar-refractivity contribution in [1.29, 1.82) is 0 Å². The van der Waals surface area contributed by atoms with Crippen LogP contribution in [0.5, 0.6) is 0 Å². The molecule has 0 radical (unpaired) electrons. The van der Waals surface area contributed by atoms with Crippen LogP contribution in [0.1, 0.15) is 43.2 Å². The van der Waals surface area contributed by atoms with Crippen molar-refractivity contribution >= 4 is 17.3 Å². The molecule has 2 aromatic heterocycles. The number of guanidine groups is 1. The third kappa shape index (κ3) is 5.41. The number of halogens is 3. The summed E-state index contributed by atoms with van der Waals surface area (Å²) in [5.74, 6) is 1.38. The molecule has 2 aromatic rings. The van der Waals surface area contributed by atoms with Crippen LogP contribution in [0, 0.1) is 0 Å². The van der Waals surface area contributed by atoms with Gasteiger partial charge in [0.05, 0.1) is 13.1 Å². The number of hydrogen-bond acceptors (Lipinski definition) is 6. The normalized spacial score (nSPS) is 13.2. The zero-order valence-corrected chi connectivity index (χ0v) is 15.0. The molecular formula is C14H19F3N6OS.